The van der Waals surface area contributed by atoms with Crippen molar-refractivity contribution in [2.45, 2.75) is 66.2 Å². The molecule has 114 valence electrons. The van der Waals surface area contributed by atoms with Crippen molar-refractivity contribution in [2.75, 3.05) is 19.8 Å². The quantitative estimate of drug-likeness (QED) is 0.369. The third-order valence-corrected chi connectivity index (χ3v) is 5.69. The molecule has 0 heterocycles. The van der Waals surface area contributed by atoms with E-state index >= 15 is 0 Å². The summed E-state index contributed by atoms with van der Waals surface area (Å²) in [6, 6.07) is 0. The van der Waals surface area contributed by atoms with E-state index in [1.54, 1.807) is 0 Å². The lowest BCUT2D eigenvalue weighted by Gasteiger charge is -2.30. The maximum atomic E-state index is 6.02. The van der Waals surface area contributed by atoms with E-state index in [1.807, 2.05) is 6.92 Å². The highest BCUT2D eigenvalue weighted by atomic mass is 28.4. The van der Waals surface area contributed by atoms with Crippen LogP contribution in [0.3, 0.4) is 0 Å². The highest BCUT2D eigenvalue weighted by Crippen LogP contribution is 2.20. The van der Waals surface area contributed by atoms with Crippen LogP contribution in [0, 0.1) is 0 Å². The number of allylic oxidation sites excluding steroid dienone is 1. The van der Waals surface area contributed by atoms with E-state index in [2.05, 4.69) is 27.4 Å². The molecule has 0 aliphatic heterocycles. The van der Waals surface area contributed by atoms with Crippen molar-refractivity contribution in [1.29, 1.82) is 0 Å². The minimum Gasteiger partial charge on any atom is -0.370 e. The second-order valence-corrected chi connectivity index (χ2v) is 7.77. The van der Waals surface area contributed by atoms with Gasteiger partial charge in [0.05, 0.1) is 0 Å². The Balaban J connectivity index is 4.53. The van der Waals surface area contributed by atoms with Crippen LogP contribution in [0.2, 0.25) is 0 Å². The fraction of sp³-hybridized carbons (Fsp3) is 0.867. The number of rotatable bonds is 13. The second-order valence-electron chi connectivity index (χ2n) is 4.94. The Morgan fingerprint density at radius 3 is 1.32 bits per heavy atom. The zero-order chi connectivity index (χ0) is 14.6. The van der Waals surface area contributed by atoms with Crippen molar-refractivity contribution in [3.8, 4) is 0 Å². The van der Waals surface area contributed by atoms with Gasteiger partial charge in [-0.3, -0.25) is 0 Å². The lowest BCUT2D eigenvalue weighted by atomic mass is 10.4. The molecule has 0 aromatic carbocycles. The van der Waals surface area contributed by atoms with Gasteiger partial charge in [0.1, 0.15) is 0 Å². The van der Waals surface area contributed by atoms with E-state index in [0.717, 1.165) is 43.7 Å². The third kappa shape index (κ3) is 7.87. The average Bonchev–Trinajstić information content (AvgIpc) is 2.38. The molecular formula is C15H32O3Si. The largest absolute Gasteiger partial charge is 0.532 e. The molecule has 0 saturated heterocycles. The maximum Gasteiger partial charge on any atom is 0.532 e. The van der Waals surface area contributed by atoms with Gasteiger partial charge in [-0.15, -0.1) is 0 Å². The summed E-state index contributed by atoms with van der Waals surface area (Å²) in [5, 5.41) is 0.927. The van der Waals surface area contributed by atoms with Gasteiger partial charge in [0.15, 0.2) is 0 Å². The summed E-state index contributed by atoms with van der Waals surface area (Å²) in [7, 11) is -2.68. The fourth-order valence-electron chi connectivity index (χ4n) is 1.55. The van der Waals surface area contributed by atoms with Crippen molar-refractivity contribution in [1.82, 2.24) is 0 Å². The van der Waals surface area contributed by atoms with E-state index in [9.17, 15) is 0 Å². The Kier molecular flexibility index (Phi) is 11.5. The lowest BCUT2D eigenvalue weighted by Crippen LogP contribution is -2.48. The smallest absolute Gasteiger partial charge is 0.370 e. The molecule has 0 aromatic heterocycles. The number of hydrogen-bond donors (Lipinski definition) is 0. The minimum absolute atomic E-state index is 0.702. The van der Waals surface area contributed by atoms with Gasteiger partial charge in [-0.2, -0.15) is 0 Å². The SMILES string of the molecule is C=C(C)[Si](OCCCC)(OCCCC)OCCCC. The first-order chi connectivity index (χ1) is 9.13. The van der Waals surface area contributed by atoms with Crippen LogP contribution in [0.1, 0.15) is 66.2 Å². The van der Waals surface area contributed by atoms with E-state index in [4.69, 9.17) is 13.3 Å². The molecule has 3 nitrogen and oxygen atoms in total. The normalized spacial score (nSPS) is 11.8. The molecule has 0 unspecified atom stereocenters. The van der Waals surface area contributed by atoms with Gasteiger partial charge < -0.3 is 13.3 Å². The van der Waals surface area contributed by atoms with Gasteiger partial charge in [0.2, 0.25) is 0 Å². The van der Waals surface area contributed by atoms with Gasteiger partial charge in [-0.05, 0) is 31.4 Å². The van der Waals surface area contributed by atoms with E-state index in [1.165, 1.54) is 0 Å². The highest BCUT2D eigenvalue weighted by Gasteiger charge is 2.42. The molecule has 0 rings (SSSR count). The molecule has 0 N–H and O–H groups in total. The van der Waals surface area contributed by atoms with Gasteiger partial charge in [0.25, 0.3) is 0 Å². The summed E-state index contributed by atoms with van der Waals surface area (Å²) in [5.41, 5.74) is 0. The topological polar surface area (TPSA) is 27.7 Å². The number of hydrogen-bond acceptors (Lipinski definition) is 3. The molecule has 4 heteroatoms. The van der Waals surface area contributed by atoms with E-state index in [-0.39, 0.29) is 0 Å². The van der Waals surface area contributed by atoms with E-state index < -0.39 is 8.80 Å². The predicted molar refractivity (Wildman–Crippen MR) is 83.1 cm³/mol. The molecule has 0 aliphatic rings. The molecule has 0 aliphatic carbocycles. The monoisotopic (exact) mass is 288 g/mol. The zero-order valence-corrected chi connectivity index (χ0v) is 14.3. The Morgan fingerprint density at radius 2 is 1.11 bits per heavy atom. The molecule has 0 aromatic rings. The van der Waals surface area contributed by atoms with Gasteiger partial charge in [-0.1, -0.05) is 46.6 Å². The second kappa shape index (κ2) is 11.6. The number of unbranched alkanes of at least 4 members (excludes halogenated alkanes) is 3. The van der Waals surface area contributed by atoms with Crippen LogP contribution in [-0.2, 0) is 13.3 Å². The van der Waals surface area contributed by atoms with Crippen LogP contribution >= 0.6 is 0 Å². The maximum absolute atomic E-state index is 6.02. The average molecular weight is 289 g/mol. The molecular weight excluding hydrogens is 256 g/mol. The zero-order valence-electron chi connectivity index (χ0n) is 13.3. The fourth-order valence-corrected chi connectivity index (χ4v) is 3.78. The molecule has 0 atom stereocenters. The van der Waals surface area contributed by atoms with Crippen LogP contribution in [0.4, 0.5) is 0 Å². The van der Waals surface area contributed by atoms with Crippen molar-refractivity contribution in [3.05, 3.63) is 11.8 Å². The molecule has 0 spiro atoms. The Hall–Kier alpha value is -0.163. The van der Waals surface area contributed by atoms with Crippen molar-refractivity contribution in [2.24, 2.45) is 0 Å². The summed E-state index contributed by atoms with van der Waals surface area (Å²) >= 11 is 0. The van der Waals surface area contributed by atoms with Crippen molar-refractivity contribution >= 4 is 8.80 Å². The Labute approximate surface area is 120 Å². The third-order valence-electron chi connectivity index (χ3n) is 2.89. The standard InChI is InChI=1S/C15H32O3Si/c1-6-9-12-16-19(15(4)5,17-13-10-7-2)18-14-11-8-3/h4,6-14H2,1-3,5H3. The molecule has 19 heavy (non-hydrogen) atoms. The molecule has 0 amide bonds. The first-order valence-electron chi connectivity index (χ1n) is 7.70. The van der Waals surface area contributed by atoms with Gasteiger partial charge in [0, 0.05) is 19.8 Å². The Morgan fingerprint density at radius 1 is 0.789 bits per heavy atom. The summed E-state index contributed by atoms with van der Waals surface area (Å²) < 4.78 is 18.1. The minimum atomic E-state index is -2.68. The van der Waals surface area contributed by atoms with Gasteiger partial charge in [-0.25, -0.2) is 0 Å². The lowest BCUT2D eigenvalue weighted by molar-refractivity contribution is 0.0653. The summed E-state index contributed by atoms with van der Waals surface area (Å²) in [5.74, 6) is 0. The highest BCUT2D eigenvalue weighted by molar-refractivity contribution is 6.68. The molecule has 0 radical (unpaired) electrons. The summed E-state index contributed by atoms with van der Waals surface area (Å²) in [6.45, 7) is 14.6. The van der Waals surface area contributed by atoms with Crippen molar-refractivity contribution < 1.29 is 13.3 Å². The van der Waals surface area contributed by atoms with Crippen LogP contribution in [0.5, 0.6) is 0 Å². The van der Waals surface area contributed by atoms with Gasteiger partial charge >= 0.3 is 8.80 Å². The van der Waals surface area contributed by atoms with Crippen LogP contribution in [-0.4, -0.2) is 28.6 Å². The summed E-state index contributed by atoms with van der Waals surface area (Å²) in [6.07, 6.45) is 6.46. The first kappa shape index (κ1) is 18.8. The Bertz CT molecular complexity index is 205. The molecule has 0 fully saturated rings. The van der Waals surface area contributed by atoms with Crippen LogP contribution in [0.25, 0.3) is 0 Å². The van der Waals surface area contributed by atoms with Crippen LogP contribution in [0.15, 0.2) is 11.8 Å². The van der Waals surface area contributed by atoms with Crippen molar-refractivity contribution in [3.63, 3.8) is 0 Å². The molecule has 0 saturated carbocycles. The predicted octanol–water partition coefficient (Wildman–Crippen LogP) is 4.49. The van der Waals surface area contributed by atoms with Crippen LogP contribution < -0.4 is 0 Å². The summed E-state index contributed by atoms with van der Waals surface area (Å²) in [4.78, 5) is 0. The first-order valence-corrected chi connectivity index (χ1v) is 9.43. The molecule has 0 bridgehead atoms. The van der Waals surface area contributed by atoms with E-state index in [0.29, 0.717) is 19.8 Å².